The first-order chi connectivity index (χ1) is 14.4. The van der Waals surface area contributed by atoms with E-state index in [1.807, 2.05) is 6.92 Å². The van der Waals surface area contributed by atoms with E-state index in [1.165, 1.54) is 7.11 Å². The van der Waals surface area contributed by atoms with Crippen molar-refractivity contribution < 1.29 is 27.9 Å². The second kappa shape index (κ2) is 7.62. The standard InChI is InChI=1S/C25H36F2O4/c1-14(5-8-21(30)31-4)16-6-7-17-22-18(9-10-23(16,17)2)24(3)13-25(26,27)20(29)12-15(24)11-19(22)28/h14-18,22H,5-13H2,1-4H3/t14-,15?,16-,17?,18?,22?,23-,24+/m1/s1. The minimum atomic E-state index is -3.27. The summed E-state index contributed by atoms with van der Waals surface area (Å²) in [6.07, 6.45) is 4.57. The molecular weight excluding hydrogens is 402 g/mol. The fourth-order valence-electron chi connectivity index (χ4n) is 8.40. The van der Waals surface area contributed by atoms with Crippen LogP contribution >= 0.6 is 0 Å². The number of esters is 1. The van der Waals surface area contributed by atoms with Crippen molar-refractivity contribution in [1.29, 1.82) is 0 Å². The summed E-state index contributed by atoms with van der Waals surface area (Å²) in [4.78, 5) is 36.9. The number of ketones is 2. The van der Waals surface area contributed by atoms with Gasteiger partial charge in [0.05, 0.1) is 7.11 Å². The number of Topliss-reactive ketones (excluding diaryl/α,β-unsaturated/α-hetero) is 2. The second-order valence-electron chi connectivity index (χ2n) is 11.4. The molecule has 4 nitrogen and oxygen atoms in total. The van der Waals surface area contributed by atoms with Gasteiger partial charge >= 0.3 is 11.9 Å². The molecule has 0 N–H and O–H groups in total. The Hall–Kier alpha value is -1.33. The van der Waals surface area contributed by atoms with Crippen LogP contribution in [0.15, 0.2) is 0 Å². The first kappa shape index (κ1) is 22.8. The van der Waals surface area contributed by atoms with Crippen molar-refractivity contribution in [3.63, 3.8) is 0 Å². The Morgan fingerprint density at radius 3 is 2.45 bits per heavy atom. The maximum Gasteiger partial charge on any atom is 0.305 e. The number of fused-ring (bicyclic) bond motifs is 5. The maximum absolute atomic E-state index is 14.5. The Bertz CT molecular complexity index is 779. The van der Waals surface area contributed by atoms with Gasteiger partial charge in [-0.1, -0.05) is 20.8 Å². The highest BCUT2D eigenvalue weighted by atomic mass is 19.3. The van der Waals surface area contributed by atoms with E-state index in [0.717, 1.165) is 32.1 Å². The molecule has 0 radical (unpaired) electrons. The van der Waals surface area contributed by atoms with Gasteiger partial charge in [0.2, 0.25) is 5.78 Å². The molecule has 0 amide bonds. The van der Waals surface area contributed by atoms with Crippen molar-refractivity contribution in [2.75, 3.05) is 7.11 Å². The van der Waals surface area contributed by atoms with Crippen LogP contribution in [0.2, 0.25) is 0 Å². The van der Waals surface area contributed by atoms with E-state index in [1.54, 1.807) is 0 Å². The number of carbonyl (C=O) groups is 3. The molecule has 0 aromatic heterocycles. The number of rotatable bonds is 4. The third-order valence-electron chi connectivity index (χ3n) is 10.1. The van der Waals surface area contributed by atoms with E-state index in [2.05, 4.69) is 13.8 Å². The molecule has 4 aliphatic rings. The normalized spacial score (nSPS) is 44.8. The molecule has 0 aromatic carbocycles. The summed E-state index contributed by atoms with van der Waals surface area (Å²) >= 11 is 0. The van der Waals surface area contributed by atoms with E-state index < -0.39 is 23.5 Å². The first-order valence-electron chi connectivity index (χ1n) is 11.9. The smallest absolute Gasteiger partial charge is 0.305 e. The summed E-state index contributed by atoms with van der Waals surface area (Å²) in [5, 5.41) is 0. The monoisotopic (exact) mass is 438 g/mol. The Morgan fingerprint density at radius 1 is 1.10 bits per heavy atom. The van der Waals surface area contributed by atoms with Gasteiger partial charge in [0.1, 0.15) is 5.78 Å². The van der Waals surface area contributed by atoms with Gasteiger partial charge in [0, 0.05) is 31.6 Å². The average Bonchev–Trinajstić information content (AvgIpc) is 3.05. The Morgan fingerprint density at radius 2 is 1.77 bits per heavy atom. The van der Waals surface area contributed by atoms with Crippen LogP contribution in [0.3, 0.4) is 0 Å². The van der Waals surface area contributed by atoms with Gasteiger partial charge in [0.25, 0.3) is 0 Å². The predicted octanol–water partition coefficient (Wildman–Crippen LogP) is 5.23. The zero-order valence-electron chi connectivity index (χ0n) is 19.2. The van der Waals surface area contributed by atoms with Crippen LogP contribution in [0, 0.1) is 46.3 Å². The number of alkyl halides is 2. The van der Waals surface area contributed by atoms with Crippen LogP contribution in [-0.2, 0) is 19.1 Å². The number of carbonyl (C=O) groups excluding carboxylic acids is 3. The van der Waals surface area contributed by atoms with Gasteiger partial charge in [-0.05, 0) is 72.5 Å². The third-order valence-corrected chi connectivity index (χ3v) is 10.1. The highest BCUT2D eigenvalue weighted by molar-refractivity contribution is 5.89. The Labute approximate surface area is 183 Å². The fourth-order valence-corrected chi connectivity index (χ4v) is 8.40. The zero-order chi connectivity index (χ0) is 22.8. The van der Waals surface area contributed by atoms with Crippen molar-refractivity contribution in [2.45, 2.75) is 84.5 Å². The minimum absolute atomic E-state index is 0.00254. The molecule has 31 heavy (non-hydrogen) atoms. The van der Waals surface area contributed by atoms with Crippen LogP contribution in [0.1, 0.15) is 78.6 Å². The Balaban J connectivity index is 1.57. The van der Waals surface area contributed by atoms with E-state index in [9.17, 15) is 23.2 Å². The van der Waals surface area contributed by atoms with Gasteiger partial charge in [-0.2, -0.15) is 8.78 Å². The SMILES string of the molecule is COC(=O)CC[C@@H](C)[C@H]1CCC2C3C(=O)CC4CC(=O)C(F)(F)C[C@]4(C)C3CC[C@@]21C. The number of ether oxygens (including phenoxy) is 1. The van der Waals surface area contributed by atoms with Gasteiger partial charge in [-0.25, -0.2) is 0 Å². The number of halogens is 2. The minimum Gasteiger partial charge on any atom is -0.469 e. The van der Waals surface area contributed by atoms with Crippen molar-refractivity contribution in [1.82, 2.24) is 0 Å². The molecule has 0 heterocycles. The maximum atomic E-state index is 14.5. The summed E-state index contributed by atoms with van der Waals surface area (Å²) in [7, 11) is 1.41. The van der Waals surface area contributed by atoms with Gasteiger partial charge in [-0.3, -0.25) is 14.4 Å². The molecule has 4 aliphatic carbocycles. The van der Waals surface area contributed by atoms with Crippen LogP contribution < -0.4 is 0 Å². The van der Waals surface area contributed by atoms with Gasteiger partial charge in [0.15, 0.2) is 0 Å². The molecule has 174 valence electrons. The largest absolute Gasteiger partial charge is 0.469 e. The molecule has 0 saturated heterocycles. The predicted molar refractivity (Wildman–Crippen MR) is 111 cm³/mol. The summed E-state index contributed by atoms with van der Waals surface area (Å²) in [6.45, 7) is 6.41. The van der Waals surface area contributed by atoms with E-state index >= 15 is 0 Å². The van der Waals surface area contributed by atoms with Crippen molar-refractivity contribution >= 4 is 17.5 Å². The third kappa shape index (κ3) is 3.47. The van der Waals surface area contributed by atoms with E-state index in [4.69, 9.17) is 4.74 Å². The van der Waals surface area contributed by atoms with Crippen LogP contribution in [0.4, 0.5) is 8.78 Å². The summed E-state index contributed by atoms with van der Waals surface area (Å²) < 4.78 is 33.8. The molecule has 4 unspecified atom stereocenters. The van der Waals surface area contributed by atoms with Crippen LogP contribution in [-0.4, -0.2) is 30.6 Å². The molecule has 4 saturated carbocycles. The fraction of sp³-hybridized carbons (Fsp3) is 0.880. The summed E-state index contributed by atoms with van der Waals surface area (Å²) in [5.41, 5.74) is -0.644. The summed E-state index contributed by atoms with van der Waals surface area (Å²) in [5.74, 6) is -3.71. The lowest BCUT2D eigenvalue weighted by Crippen LogP contribution is -2.60. The van der Waals surface area contributed by atoms with Gasteiger partial charge < -0.3 is 4.74 Å². The molecule has 0 aromatic rings. The number of hydrogen-bond acceptors (Lipinski definition) is 4. The first-order valence-corrected chi connectivity index (χ1v) is 11.9. The van der Waals surface area contributed by atoms with Gasteiger partial charge in [-0.15, -0.1) is 0 Å². The average molecular weight is 439 g/mol. The molecule has 0 aliphatic heterocycles. The van der Waals surface area contributed by atoms with E-state index in [-0.39, 0.29) is 53.7 Å². The molecule has 0 spiro atoms. The van der Waals surface area contributed by atoms with Crippen molar-refractivity contribution in [3.05, 3.63) is 0 Å². The Kier molecular flexibility index (Phi) is 5.62. The molecule has 4 rings (SSSR count). The lowest BCUT2D eigenvalue weighted by Gasteiger charge is -2.60. The molecule has 0 bridgehead atoms. The zero-order valence-corrected chi connectivity index (χ0v) is 19.2. The lowest BCUT2D eigenvalue weighted by atomic mass is 9.44. The van der Waals surface area contributed by atoms with Crippen LogP contribution in [0.25, 0.3) is 0 Å². The molecular formula is C25H36F2O4. The van der Waals surface area contributed by atoms with Crippen molar-refractivity contribution in [3.8, 4) is 0 Å². The lowest BCUT2D eigenvalue weighted by molar-refractivity contribution is -0.186. The number of hydrogen-bond donors (Lipinski definition) is 0. The van der Waals surface area contributed by atoms with Crippen LogP contribution in [0.5, 0.6) is 0 Å². The second-order valence-corrected chi connectivity index (χ2v) is 11.4. The highest BCUT2D eigenvalue weighted by Gasteiger charge is 2.66. The molecule has 4 fully saturated rings. The topological polar surface area (TPSA) is 60.4 Å². The summed E-state index contributed by atoms with van der Waals surface area (Å²) in [6, 6.07) is 0. The van der Waals surface area contributed by atoms with Crippen molar-refractivity contribution in [2.24, 2.45) is 46.3 Å². The number of methoxy groups -OCH3 is 1. The molecule has 6 heteroatoms. The molecule has 8 atom stereocenters. The quantitative estimate of drug-likeness (QED) is 0.564. The van der Waals surface area contributed by atoms with E-state index in [0.29, 0.717) is 18.3 Å². The highest BCUT2D eigenvalue weighted by Crippen LogP contribution is 2.68.